The number of nitrogens with zero attached hydrogens (tertiary/aromatic N) is 1. The van der Waals surface area contributed by atoms with Crippen molar-refractivity contribution >= 4 is 44.8 Å². The highest BCUT2D eigenvalue weighted by Gasteiger charge is 2.37. The predicted molar refractivity (Wildman–Crippen MR) is 126 cm³/mol. The molecule has 0 aliphatic rings. The van der Waals surface area contributed by atoms with Gasteiger partial charge in [0, 0.05) is 17.3 Å². The highest BCUT2D eigenvalue weighted by molar-refractivity contribution is 7.89. The van der Waals surface area contributed by atoms with Crippen LogP contribution in [0.3, 0.4) is 0 Å². The van der Waals surface area contributed by atoms with Crippen molar-refractivity contribution < 1.29 is 39.6 Å². The van der Waals surface area contributed by atoms with Crippen molar-refractivity contribution in [2.24, 2.45) is 0 Å². The maximum atomic E-state index is 13.4. The van der Waals surface area contributed by atoms with Crippen LogP contribution < -0.4 is 5.32 Å². The number of amides is 1. The first kappa shape index (κ1) is 28.8. The second-order valence-corrected chi connectivity index (χ2v) is 10.4. The maximum absolute atomic E-state index is 13.4. The summed E-state index contributed by atoms with van der Waals surface area (Å²) in [5, 5.41) is 1.74. The minimum absolute atomic E-state index is 0.0238. The predicted octanol–water partition coefficient (Wildman–Crippen LogP) is 6.86. The molecule has 0 saturated heterocycles. The Bertz CT molecular complexity index is 1370. The van der Waals surface area contributed by atoms with Crippen LogP contribution in [0.15, 0.2) is 71.6 Å². The molecule has 1 N–H and O–H groups in total. The number of nitrogens with one attached hydrogen (secondary N) is 1. The van der Waals surface area contributed by atoms with E-state index in [2.05, 4.69) is 0 Å². The van der Waals surface area contributed by atoms with Crippen molar-refractivity contribution in [1.29, 1.82) is 0 Å². The molecule has 198 valence electrons. The molecule has 3 aromatic rings. The van der Waals surface area contributed by atoms with E-state index in [4.69, 9.17) is 23.2 Å². The molecule has 1 amide bonds. The Morgan fingerprint density at radius 3 is 1.95 bits per heavy atom. The van der Waals surface area contributed by atoms with Crippen LogP contribution in [0, 0.1) is 0 Å². The summed E-state index contributed by atoms with van der Waals surface area (Å²) in [7, 11) is -4.51. The summed E-state index contributed by atoms with van der Waals surface area (Å²) < 4.78 is 106. The monoisotopic (exact) mass is 584 g/mol. The quantitative estimate of drug-likeness (QED) is 0.308. The molecule has 3 rings (SSSR count). The molecule has 5 nitrogen and oxygen atoms in total. The summed E-state index contributed by atoms with van der Waals surface area (Å²) in [4.78, 5) is 12.3. The lowest BCUT2D eigenvalue weighted by molar-refractivity contribution is -0.143. The van der Waals surface area contributed by atoms with E-state index in [1.54, 1.807) is 30.3 Å². The number of carbonyl (C=O) groups excluding carboxylic acids is 1. The molecule has 0 aliphatic carbocycles. The van der Waals surface area contributed by atoms with Gasteiger partial charge in [-0.05, 0) is 42.0 Å². The fraction of sp³-hybridized carbons (Fsp3) is 0.174. The summed E-state index contributed by atoms with van der Waals surface area (Å²) in [5.41, 5.74) is -3.66. The van der Waals surface area contributed by atoms with Crippen molar-refractivity contribution in [2.75, 3.05) is 11.9 Å². The van der Waals surface area contributed by atoms with Crippen LogP contribution in [-0.2, 0) is 33.7 Å². The van der Waals surface area contributed by atoms with Crippen LogP contribution >= 0.6 is 23.2 Å². The van der Waals surface area contributed by atoms with Gasteiger partial charge in [0.05, 0.1) is 22.7 Å². The van der Waals surface area contributed by atoms with E-state index < -0.39 is 56.5 Å². The van der Waals surface area contributed by atoms with Gasteiger partial charge in [-0.2, -0.15) is 30.6 Å². The molecule has 0 atom stereocenters. The minimum Gasteiger partial charge on any atom is -0.325 e. The Morgan fingerprint density at radius 1 is 0.838 bits per heavy atom. The number of hydrogen-bond acceptors (Lipinski definition) is 3. The number of benzene rings is 3. The van der Waals surface area contributed by atoms with E-state index in [0.717, 1.165) is 6.07 Å². The molecule has 14 heteroatoms. The van der Waals surface area contributed by atoms with Gasteiger partial charge in [-0.3, -0.25) is 4.79 Å². The van der Waals surface area contributed by atoms with Crippen molar-refractivity contribution in [3.8, 4) is 0 Å². The van der Waals surface area contributed by atoms with Gasteiger partial charge in [0.15, 0.2) is 0 Å². The fourth-order valence-electron chi connectivity index (χ4n) is 3.21. The smallest absolute Gasteiger partial charge is 0.325 e. The van der Waals surface area contributed by atoms with E-state index >= 15 is 0 Å². The maximum Gasteiger partial charge on any atom is 0.416 e. The molecular formula is C23H16Cl2F6N2O3S. The number of hydrogen-bond donors (Lipinski definition) is 1. The lowest BCUT2D eigenvalue weighted by atomic mass is 10.1. The minimum atomic E-state index is -5.13. The summed E-state index contributed by atoms with van der Waals surface area (Å²) in [6.07, 6.45) is -10.3. The molecule has 0 aromatic heterocycles. The lowest BCUT2D eigenvalue weighted by Crippen LogP contribution is -2.37. The standard InChI is InChI=1S/C23H16Cl2F6N2O3S/c24-17-6-7-19(25)20(11-17)37(35,36)33(12-14-4-2-1-3-5-14)13-21(34)32-18-9-15(22(26,27)28)8-16(10-18)23(29,30)31/h1-11H,12-13H2,(H,32,34). The van der Waals surface area contributed by atoms with Gasteiger partial charge < -0.3 is 5.32 Å². The van der Waals surface area contributed by atoms with Gasteiger partial charge in [-0.25, -0.2) is 8.42 Å². The molecule has 0 spiro atoms. The number of sulfonamides is 1. The van der Waals surface area contributed by atoms with Crippen LogP contribution in [0.25, 0.3) is 0 Å². The molecule has 37 heavy (non-hydrogen) atoms. The third-order valence-corrected chi connectivity index (χ3v) is 7.41. The molecule has 0 fully saturated rings. The normalized spacial score (nSPS) is 12.6. The summed E-state index contributed by atoms with van der Waals surface area (Å²) >= 11 is 11.9. The van der Waals surface area contributed by atoms with E-state index in [0.29, 0.717) is 22.0 Å². The van der Waals surface area contributed by atoms with Crippen LogP contribution in [0.5, 0.6) is 0 Å². The molecule has 3 aromatic carbocycles. The van der Waals surface area contributed by atoms with Crippen LogP contribution in [0.1, 0.15) is 16.7 Å². The highest BCUT2D eigenvalue weighted by Crippen LogP contribution is 2.37. The third kappa shape index (κ3) is 7.37. The molecule has 0 heterocycles. The van der Waals surface area contributed by atoms with Gasteiger partial charge in [0.1, 0.15) is 4.90 Å². The second-order valence-electron chi connectivity index (χ2n) is 7.68. The zero-order valence-electron chi connectivity index (χ0n) is 18.4. The average molecular weight is 585 g/mol. The number of carbonyl (C=O) groups is 1. The van der Waals surface area contributed by atoms with Crippen molar-refractivity contribution in [3.63, 3.8) is 0 Å². The summed E-state index contributed by atoms with van der Waals surface area (Å²) in [5.74, 6) is -1.19. The summed E-state index contributed by atoms with van der Waals surface area (Å²) in [6.45, 7) is -1.33. The van der Waals surface area contributed by atoms with Gasteiger partial charge >= 0.3 is 12.4 Å². The zero-order valence-corrected chi connectivity index (χ0v) is 20.7. The largest absolute Gasteiger partial charge is 0.416 e. The van der Waals surface area contributed by atoms with E-state index in [-0.39, 0.29) is 22.7 Å². The average Bonchev–Trinajstić information content (AvgIpc) is 2.79. The number of rotatable bonds is 7. The van der Waals surface area contributed by atoms with E-state index in [1.807, 2.05) is 5.32 Å². The van der Waals surface area contributed by atoms with Crippen molar-refractivity contribution in [2.45, 2.75) is 23.8 Å². The Labute approximate surface area is 217 Å². The van der Waals surface area contributed by atoms with Crippen LogP contribution in [-0.4, -0.2) is 25.2 Å². The first-order valence-electron chi connectivity index (χ1n) is 10.2. The number of alkyl halides is 6. The number of halogens is 8. The fourth-order valence-corrected chi connectivity index (χ4v) is 5.34. The topological polar surface area (TPSA) is 66.5 Å². The molecule has 0 bridgehead atoms. The second kappa shape index (κ2) is 10.9. The van der Waals surface area contributed by atoms with Crippen molar-refractivity contribution in [3.05, 3.63) is 93.5 Å². The molecular weight excluding hydrogens is 569 g/mol. The van der Waals surface area contributed by atoms with Gasteiger partial charge in [0.25, 0.3) is 0 Å². The van der Waals surface area contributed by atoms with Gasteiger partial charge in [-0.15, -0.1) is 0 Å². The lowest BCUT2D eigenvalue weighted by Gasteiger charge is -2.23. The molecule has 0 aliphatic heterocycles. The first-order chi connectivity index (χ1) is 17.1. The van der Waals surface area contributed by atoms with Gasteiger partial charge in [0.2, 0.25) is 15.9 Å². The van der Waals surface area contributed by atoms with E-state index in [9.17, 15) is 39.6 Å². The van der Waals surface area contributed by atoms with Crippen molar-refractivity contribution in [1.82, 2.24) is 4.31 Å². The van der Waals surface area contributed by atoms with Gasteiger partial charge in [-0.1, -0.05) is 53.5 Å². The summed E-state index contributed by atoms with van der Waals surface area (Å²) in [6, 6.07) is 12.1. The highest BCUT2D eigenvalue weighted by atomic mass is 35.5. The van der Waals surface area contributed by atoms with E-state index in [1.165, 1.54) is 12.1 Å². The first-order valence-corrected chi connectivity index (χ1v) is 12.4. The zero-order chi connectivity index (χ0) is 27.6. The molecule has 0 unspecified atom stereocenters. The number of anilines is 1. The Kier molecular flexibility index (Phi) is 8.47. The van der Waals surface area contributed by atoms with Crippen LogP contribution in [0.4, 0.5) is 32.0 Å². The third-order valence-electron chi connectivity index (χ3n) is 4.90. The Hall–Kier alpha value is -2.80. The Balaban J connectivity index is 1.97. The Morgan fingerprint density at radius 2 is 1.41 bits per heavy atom. The van der Waals surface area contributed by atoms with Crippen LogP contribution in [0.2, 0.25) is 10.0 Å². The SMILES string of the molecule is O=C(CN(Cc1ccccc1)S(=O)(=O)c1cc(Cl)ccc1Cl)Nc1cc(C(F)(F)F)cc(C(F)(F)F)c1. The molecule has 0 saturated carbocycles. The molecule has 0 radical (unpaired) electrons.